The second-order valence-electron chi connectivity index (χ2n) is 6.72. The first-order valence-electron chi connectivity index (χ1n) is 8.71. The summed E-state index contributed by atoms with van der Waals surface area (Å²) in [5.41, 5.74) is 3.99. The second-order valence-corrected chi connectivity index (χ2v) is 6.72. The van der Waals surface area contributed by atoms with Gasteiger partial charge in [-0.2, -0.15) is 0 Å². The Morgan fingerprint density at radius 1 is 1.04 bits per heavy atom. The van der Waals surface area contributed by atoms with Gasteiger partial charge in [0, 0.05) is 22.7 Å². The summed E-state index contributed by atoms with van der Waals surface area (Å²) in [4.78, 5) is 39.2. The van der Waals surface area contributed by atoms with Crippen molar-refractivity contribution >= 4 is 22.9 Å². The molecule has 0 atom stereocenters. The van der Waals surface area contributed by atoms with Gasteiger partial charge in [-0.3, -0.25) is 0 Å². The van der Waals surface area contributed by atoms with Gasteiger partial charge in [0.25, 0.3) is 0 Å². The van der Waals surface area contributed by atoms with Gasteiger partial charge in [-0.25, -0.2) is 14.4 Å². The molecular formula is C21H21NO6. The Balaban J connectivity index is 1.91. The molecule has 2 aromatic heterocycles. The van der Waals surface area contributed by atoms with Crippen LogP contribution in [0.1, 0.15) is 48.8 Å². The third-order valence-electron chi connectivity index (χ3n) is 4.83. The van der Waals surface area contributed by atoms with Crippen molar-refractivity contribution in [3.63, 3.8) is 0 Å². The molecule has 3 aromatic rings. The number of hydrogen-bond donors (Lipinski definition) is 1. The number of aromatic amines is 1. The van der Waals surface area contributed by atoms with Gasteiger partial charge in [-0.15, -0.1) is 0 Å². The molecule has 7 nitrogen and oxygen atoms in total. The molecule has 2 heterocycles. The molecule has 0 fully saturated rings. The largest absolute Gasteiger partial charge is 0.465 e. The van der Waals surface area contributed by atoms with Crippen LogP contribution in [0.3, 0.4) is 0 Å². The highest BCUT2D eigenvalue weighted by molar-refractivity contribution is 5.98. The molecule has 28 heavy (non-hydrogen) atoms. The van der Waals surface area contributed by atoms with Crippen LogP contribution in [0.4, 0.5) is 0 Å². The lowest BCUT2D eigenvalue weighted by atomic mass is 10.0. The van der Waals surface area contributed by atoms with Crippen LogP contribution in [0.25, 0.3) is 11.0 Å². The summed E-state index contributed by atoms with van der Waals surface area (Å²) < 4.78 is 15.4. The van der Waals surface area contributed by atoms with Gasteiger partial charge in [0.2, 0.25) is 0 Å². The standard InChI is InChI=1S/C21H21NO6/c1-10-6-15-14(8-17(23)28-16(15)7-11(10)2)9-27-21(25)19-12(3)18(13(4)22-19)20(24)26-5/h6-8,22H,9H2,1-5H3. The van der Waals surface area contributed by atoms with Gasteiger partial charge in [-0.05, 0) is 56.5 Å². The van der Waals surface area contributed by atoms with Crippen LogP contribution in [0, 0.1) is 27.7 Å². The van der Waals surface area contributed by atoms with Crippen molar-refractivity contribution in [2.75, 3.05) is 7.11 Å². The lowest BCUT2D eigenvalue weighted by Gasteiger charge is -2.09. The lowest BCUT2D eigenvalue weighted by molar-refractivity contribution is 0.0466. The van der Waals surface area contributed by atoms with Gasteiger partial charge >= 0.3 is 17.6 Å². The quantitative estimate of drug-likeness (QED) is 0.547. The Kier molecular flexibility index (Phi) is 5.09. The van der Waals surface area contributed by atoms with E-state index in [4.69, 9.17) is 13.9 Å². The highest BCUT2D eigenvalue weighted by Gasteiger charge is 2.23. The number of fused-ring (bicyclic) bond motifs is 1. The summed E-state index contributed by atoms with van der Waals surface area (Å²) in [6.45, 7) is 7.10. The molecule has 0 bridgehead atoms. The molecule has 0 aliphatic rings. The zero-order valence-corrected chi connectivity index (χ0v) is 16.4. The maximum Gasteiger partial charge on any atom is 0.355 e. The number of hydrogen-bond acceptors (Lipinski definition) is 6. The van der Waals surface area contributed by atoms with Crippen molar-refractivity contribution in [3.05, 3.63) is 67.8 Å². The van der Waals surface area contributed by atoms with E-state index in [1.165, 1.54) is 13.2 Å². The van der Waals surface area contributed by atoms with E-state index < -0.39 is 17.6 Å². The van der Waals surface area contributed by atoms with Crippen molar-refractivity contribution in [1.82, 2.24) is 4.98 Å². The number of carbonyl (C=O) groups excluding carboxylic acids is 2. The number of ether oxygens (including phenoxy) is 2. The zero-order chi connectivity index (χ0) is 20.6. The Hall–Kier alpha value is -3.35. The molecule has 0 saturated heterocycles. The van der Waals surface area contributed by atoms with Crippen LogP contribution in [-0.2, 0) is 16.1 Å². The summed E-state index contributed by atoms with van der Waals surface area (Å²) in [6.07, 6.45) is 0. The molecule has 7 heteroatoms. The van der Waals surface area contributed by atoms with Gasteiger partial charge in [0.05, 0.1) is 12.7 Å². The van der Waals surface area contributed by atoms with E-state index in [-0.39, 0.29) is 12.3 Å². The average molecular weight is 383 g/mol. The summed E-state index contributed by atoms with van der Waals surface area (Å²) in [5.74, 6) is -1.15. The number of methoxy groups -OCH3 is 1. The zero-order valence-electron chi connectivity index (χ0n) is 16.4. The summed E-state index contributed by atoms with van der Waals surface area (Å²) in [5, 5.41) is 0.713. The summed E-state index contributed by atoms with van der Waals surface area (Å²) in [6, 6.07) is 5.01. The van der Waals surface area contributed by atoms with Crippen molar-refractivity contribution < 1.29 is 23.5 Å². The minimum Gasteiger partial charge on any atom is -0.465 e. The van der Waals surface area contributed by atoms with Crippen LogP contribution in [0.15, 0.2) is 27.4 Å². The fourth-order valence-electron chi connectivity index (χ4n) is 3.18. The van der Waals surface area contributed by atoms with E-state index in [0.717, 1.165) is 11.1 Å². The van der Waals surface area contributed by atoms with E-state index in [2.05, 4.69) is 4.98 Å². The lowest BCUT2D eigenvalue weighted by Crippen LogP contribution is -2.10. The number of aromatic nitrogens is 1. The Morgan fingerprint density at radius 2 is 1.71 bits per heavy atom. The molecule has 0 amide bonds. The van der Waals surface area contributed by atoms with Gasteiger partial charge < -0.3 is 18.9 Å². The predicted molar refractivity (Wildman–Crippen MR) is 103 cm³/mol. The normalized spacial score (nSPS) is 10.9. The molecule has 1 N–H and O–H groups in total. The van der Waals surface area contributed by atoms with E-state index in [9.17, 15) is 14.4 Å². The molecule has 1 aromatic carbocycles. The molecule has 3 rings (SSSR count). The van der Waals surface area contributed by atoms with Crippen LogP contribution in [0.5, 0.6) is 0 Å². The van der Waals surface area contributed by atoms with E-state index in [0.29, 0.717) is 33.4 Å². The maximum atomic E-state index is 12.6. The number of aryl methyl sites for hydroxylation is 3. The SMILES string of the molecule is COC(=O)c1c(C)[nH]c(C(=O)OCc2cc(=O)oc3cc(C)c(C)cc23)c1C. The molecule has 0 radical (unpaired) electrons. The third-order valence-corrected chi connectivity index (χ3v) is 4.83. The number of nitrogens with one attached hydrogen (secondary N) is 1. The molecule has 0 aliphatic heterocycles. The van der Waals surface area contributed by atoms with Gasteiger partial charge in [0.1, 0.15) is 17.9 Å². The number of esters is 2. The molecule has 0 spiro atoms. The molecule has 146 valence electrons. The van der Waals surface area contributed by atoms with Crippen molar-refractivity contribution in [2.45, 2.75) is 34.3 Å². The number of benzene rings is 1. The van der Waals surface area contributed by atoms with Gasteiger partial charge in [0.15, 0.2) is 0 Å². The number of rotatable bonds is 4. The van der Waals surface area contributed by atoms with Gasteiger partial charge in [-0.1, -0.05) is 0 Å². The predicted octanol–water partition coefficient (Wildman–Crippen LogP) is 3.50. The first kappa shape index (κ1) is 19.4. The highest BCUT2D eigenvalue weighted by Crippen LogP contribution is 2.23. The topological polar surface area (TPSA) is 98.6 Å². The third kappa shape index (κ3) is 3.43. The minimum absolute atomic E-state index is 0.103. The van der Waals surface area contributed by atoms with E-state index in [1.807, 2.05) is 19.9 Å². The molecule has 0 saturated carbocycles. The smallest absolute Gasteiger partial charge is 0.355 e. The maximum absolute atomic E-state index is 12.6. The average Bonchev–Trinajstić information content (AvgIpc) is 2.94. The Labute approximate surface area is 161 Å². The molecule has 0 aliphatic carbocycles. The monoisotopic (exact) mass is 383 g/mol. The van der Waals surface area contributed by atoms with Crippen molar-refractivity contribution in [2.24, 2.45) is 0 Å². The summed E-state index contributed by atoms with van der Waals surface area (Å²) >= 11 is 0. The number of carbonyl (C=O) groups is 2. The van der Waals surface area contributed by atoms with Crippen molar-refractivity contribution in [3.8, 4) is 0 Å². The fourth-order valence-corrected chi connectivity index (χ4v) is 3.18. The molecular weight excluding hydrogens is 362 g/mol. The van der Waals surface area contributed by atoms with E-state index >= 15 is 0 Å². The van der Waals surface area contributed by atoms with E-state index in [1.54, 1.807) is 19.9 Å². The first-order valence-corrected chi connectivity index (χ1v) is 8.71. The van der Waals surface area contributed by atoms with Crippen LogP contribution < -0.4 is 5.63 Å². The Morgan fingerprint density at radius 3 is 2.39 bits per heavy atom. The van der Waals surface area contributed by atoms with Crippen LogP contribution in [-0.4, -0.2) is 24.0 Å². The van der Waals surface area contributed by atoms with Crippen LogP contribution in [0.2, 0.25) is 0 Å². The second kappa shape index (κ2) is 7.34. The first-order chi connectivity index (χ1) is 13.2. The van der Waals surface area contributed by atoms with Crippen molar-refractivity contribution in [1.29, 1.82) is 0 Å². The molecule has 0 unspecified atom stereocenters. The fraction of sp³-hybridized carbons (Fsp3) is 0.286. The summed E-state index contributed by atoms with van der Waals surface area (Å²) in [7, 11) is 1.28. The van der Waals surface area contributed by atoms with Crippen LogP contribution >= 0.6 is 0 Å². The highest BCUT2D eigenvalue weighted by atomic mass is 16.5. The number of H-pyrrole nitrogens is 1. The Bertz CT molecular complexity index is 1150. The minimum atomic E-state index is -0.624.